The summed E-state index contributed by atoms with van der Waals surface area (Å²) in [5.74, 6) is -0.429. The number of ether oxygens (including phenoxy) is 2. The molecule has 0 radical (unpaired) electrons. The van der Waals surface area contributed by atoms with E-state index in [0.29, 0.717) is 18.1 Å². The summed E-state index contributed by atoms with van der Waals surface area (Å²) >= 11 is 5.81. The van der Waals surface area contributed by atoms with E-state index in [1.165, 1.54) is 0 Å². The summed E-state index contributed by atoms with van der Waals surface area (Å²) in [7, 11) is 1.56. The van der Waals surface area contributed by atoms with Crippen molar-refractivity contribution in [3.8, 4) is 0 Å². The normalized spacial score (nSPS) is 12.2. The fraction of sp³-hybridized carbons (Fsp3) is 0.417. The van der Waals surface area contributed by atoms with Crippen LogP contribution in [0.1, 0.15) is 12.0 Å². The van der Waals surface area contributed by atoms with Crippen LogP contribution in [-0.4, -0.2) is 25.7 Å². The van der Waals surface area contributed by atoms with Crippen molar-refractivity contribution in [2.45, 2.75) is 19.1 Å². The molecular weight excluding hydrogens is 242 g/mol. The third kappa shape index (κ3) is 5.17. The molecule has 4 nitrogen and oxygen atoms in total. The lowest BCUT2D eigenvalue weighted by Gasteiger charge is -2.11. The Labute approximate surface area is 106 Å². The van der Waals surface area contributed by atoms with Gasteiger partial charge in [-0.1, -0.05) is 23.7 Å². The van der Waals surface area contributed by atoms with Gasteiger partial charge in [-0.3, -0.25) is 4.79 Å². The summed E-state index contributed by atoms with van der Waals surface area (Å²) in [5, 5.41) is 0.613. The molecule has 1 unspecified atom stereocenters. The molecule has 94 valence electrons. The van der Waals surface area contributed by atoms with E-state index >= 15 is 0 Å². The van der Waals surface area contributed by atoms with Crippen LogP contribution in [-0.2, 0) is 20.9 Å². The Morgan fingerprint density at radius 2 is 2.29 bits per heavy atom. The van der Waals surface area contributed by atoms with Crippen molar-refractivity contribution in [3.05, 3.63) is 34.9 Å². The fourth-order valence-corrected chi connectivity index (χ4v) is 1.46. The van der Waals surface area contributed by atoms with E-state index in [1.54, 1.807) is 25.3 Å². The first kappa shape index (κ1) is 14.0. The van der Waals surface area contributed by atoms with Gasteiger partial charge in [-0.25, -0.2) is 0 Å². The molecule has 2 N–H and O–H groups in total. The molecule has 0 fully saturated rings. The largest absolute Gasteiger partial charge is 0.460 e. The standard InChI is InChI=1S/C12H16ClNO3/c1-16-6-5-11(14)12(15)17-8-9-3-2-4-10(13)7-9/h2-4,7,11H,5-6,8,14H2,1H3. The molecule has 1 rings (SSSR count). The van der Waals surface area contributed by atoms with Gasteiger partial charge in [-0.2, -0.15) is 0 Å². The minimum atomic E-state index is -0.644. The molecule has 0 aliphatic heterocycles. The van der Waals surface area contributed by atoms with Crippen LogP contribution < -0.4 is 5.73 Å². The van der Waals surface area contributed by atoms with Gasteiger partial charge in [0.1, 0.15) is 12.6 Å². The number of hydrogen-bond acceptors (Lipinski definition) is 4. The molecule has 0 amide bonds. The van der Waals surface area contributed by atoms with Gasteiger partial charge in [-0.15, -0.1) is 0 Å². The van der Waals surface area contributed by atoms with Crippen LogP contribution in [0.3, 0.4) is 0 Å². The molecule has 0 bridgehead atoms. The summed E-state index contributed by atoms with van der Waals surface area (Å²) in [6.07, 6.45) is 0.449. The van der Waals surface area contributed by atoms with Gasteiger partial charge in [0, 0.05) is 18.7 Å². The van der Waals surface area contributed by atoms with Crippen LogP contribution in [0.4, 0.5) is 0 Å². The third-order valence-electron chi connectivity index (χ3n) is 2.21. The van der Waals surface area contributed by atoms with E-state index in [0.717, 1.165) is 5.56 Å². The number of esters is 1. The third-order valence-corrected chi connectivity index (χ3v) is 2.44. The Morgan fingerprint density at radius 1 is 1.53 bits per heavy atom. The summed E-state index contributed by atoms with van der Waals surface area (Å²) in [4.78, 5) is 11.5. The highest BCUT2D eigenvalue weighted by Gasteiger charge is 2.14. The maximum Gasteiger partial charge on any atom is 0.323 e. The highest BCUT2D eigenvalue weighted by atomic mass is 35.5. The number of carbonyl (C=O) groups excluding carboxylic acids is 1. The number of methoxy groups -OCH3 is 1. The highest BCUT2D eigenvalue weighted by Crippen LogP contribution is 2.11. The number of rotatable bonds is 6. The summed E-state index contributed by atoms with van der Waals surface area (Å²) < 4.78 is 9.90. The Balaban J connectivity index is 2.37. The molecule has 1 aromatic rings. The second-order valence-electron chi connectivity index (χ2n) is 3.63. The van der Waals surface area contributed by atoms with Gasteiger partial charge in [0.25, 0.3) is 0 Å². The molecule has 0 spiro atoms. The number of hydrogen-bond donors (Lipinski definition) is 1. The van der Waals surface area contributed by atoms with Crippen LogP contribution in [0.25, 0.3) is 0 Å². The predicted octanol–water partition coefficient (Wildman–Crippen LogP) is 1.75. The summed E-state index contributed by atoms with van der Waals surface area (Å²) in [5.41, 5.74) is 6.45. The maximum atomic E-state index is 11.5. The van der Waals surface area contributed by atoms with Crippen LogP contribution in [0, 0.1) is 0 Å². The number of benzene rings is 1. The Morgan fingerprint density at radius 3 is 2.94 bits per heavy atom. The smallest absolute Gasteiger partial charge is 0.323 e. The van der Waals surface area contributed by atoms with Gasteiger partial charge >= 0.3 is 5.97 Å². The quantitative estimate of drug-likeness (QED) is 0.789. The topological polar surface area (TPSA) is 61.5 Å². The second-order valence-corrected chi connectivity index (χ2v) is 4.06. The van der Waals surface area contributed by atoms with Crippen molar-refractivity contribution in [2.75, 3.05) is 13.7 Å². The molecular formula is C12H16ClNO3. The van der Waals surface area contributed by atoms with Crippen molar-refractivity contribution in [2.24, 2.45) is 5.73 Å². The summed E-state index contributed by atoms with van der Waals surface area (Å²) in [6.45, 7) is 0.619. The summed E-state index contributed by atoms with van der Waals surface area (Å²) in [6, 6.07) is 6.50. The monoisotopic (exact) mass is 257 g/mol. The predicted molar refractivity (Wildman–Crippen MR) is 65.7 cm³/mol. The Bertz CT molecular complexity index is 371. The molecule has 0 aliphatic carbocycles. The molecule has 1 aromatic carbocycles. The average molecular weight is 258 g/mol. The van der Waals surface area contributed by atoms with Crippen molar-refractivity contribution in [3.63, 3.8) is 0 Å². The SMILES string of the molecule is COCCC(N)C(=O)OCc1cccc(Cl)c1. The Kier molecular flexibility index (Phi) is 5.97. The molecule has 1 atom stereocenters. The molecule has 0 heterocycles. The van der Waals surface area contributed by atoms with E-state index in [4.69, 9.17) is 26.8 Å². The van der Waals surface area contributed by atoms with Crippen molar-refractivity contribution >= 4 is 17.6 Å². The lowest BCUT2D eigenvalue weighted by molar-refractivity contribution is -0.147. The first-order valence-electron chi connectivity index (χ1n) is 5.29. The van der Waals surface area contributed by atoms with Crippen LogP contribution in [0.15, 0.2) is 24.3 Å². The zero-order valence-electron chi connectivity index (χ0n) is 9.69. The second kappa shape index (κ2) is 7.27. The zero-order valence-corrected chi connectivity index (χ0v) is 10.4. The van der Waals surface area contributed by atoms with Crippen molar-refractivity contribution < 1.29 is 14.3 Å². The van der Waals surface area contributed by atoms with E-state index < -0.39 is 12.0 Å². The lowest BCUT2D eigenvalue weighted by Crippen LogP contribution is -2.33. The number of carbonyl (C=O) groups is 1. The van der Waals surface area contributed by atoms with Crippen LogP contribution >= 0.6 is 11.6 Å². The number of halogens is 1. The highest BCUT2D eigenvalue weighted by molar-refractivity contribution is 6.30. The van der Waals surface area contributed by atoms with Crippen LogP contribution in [0.5, 0.6) is 0 Å². The van der Waals surface area contributed by atoms with E-state index in [9.17, 15) is 4.79 Å². The van der Waals surface area contributed by atoms with Crippen molar-refractivity contribution in [1.29, 1.82) is 0 Å². The minimum absolute atomic E-state index is 0.181. The van der Waals surface area contributed by atoms with E-state index in [2.05, 4.69) is 0 Å². The fourth-order valence-electron chi connectivity index (χ4n) is 1.25. The van der Waals surface area contributed by atoms with Crippen molar-refractivity contribution in [1.82, 2.24) is 0 Å². The molecule has 0 aromatic heterocycles. The lowest BCUT2D eigenvalue weighted by atomic mass is 10.2. The Hall–Kier alpha value is -1.10. The molecule has 5 heteroatoms. The van der Waals surface area contributed by atoms with E-state index in [1.807, 2.05) is 6.07 Å². The number of nitrogens with two attached hydrogens (primary N) is 1. The van der Waals surface area contributed by atoms with Gasteiger partial charge in [0.05, 0.1) is 0 Å². The van der Waals surface area contributed by atoms with Gasteiger partial charge in [0.2, 0.25) is 0 Å². The first-order chi connectivity index (χ1) is 8.13. The van der Waals surface area contributed by atoms with Gasteiger partial charge < -0.3 is 15.2 Å². The first-order valence-corrected chi connectivity index (χ1v) is 5.67. The molecule has 17 heavy (non-hydrogen) atoms. The van der Waals surface area contributed by atoms with Crippen LogP contribution in [0.2, 0.25) is 5.02 Å². The molecule has 0 aliphatic rings. The zero-order chi connectivity index (χ0) is 12.7. The van der Waals surface area contributed by atoms with E-state index in [-0.39, 0.29) is 6.61 Å². The molecule has 0 saturated carbocycles. The van der Waals surface area contributed by atoms with Gasteiger partial charge in [-0.05, 0) is 24.1 Å². The molecule has 0 saturated heterocycles. The average Bonchev–Trinajstić information content (AvgIpc) is 2.33. The minimum Gasteiger partial charge on any atom is -0.460 e. The maximum absolute atomic E-state index is 11.5. The van der Waals surface area contributed by atoms with Gasteiger partial charge in [0.15, 0.2) is 0 Å².